The van der Waals surface area contributed by atoms with E-state index in [1.54, 1.807) is 24.3 Å². The van der Waals surface area contributed by atoms with Crippen molar-refractivity contribution in [2.75, 3.05) is 20.0 Å². The van der Waals surface area contributed by atoms with E-state index in [0.29, 0.717) is 0 Å². The van der Waals surface area contributed by atoms with Gasteiger partial charge in [-0.05, 0) is 24.4 Å². The van der Waals surface area contributed by atoms with E-state index < -0.39 is 52.4 Å². The van der Waals surface area contributed by atoms with Crippen LogP contribution in [0.3, 0.4) is 0 Å². The van der Waals surface area contributed by atoms with Crippen molar-refractivity contribution in [2.45, 2.75) is 50.3 Å². The molecule has 0 radical (unpaired) electrons. The van der Waals surface area contributed by atoms with Gasteiger partial charge in [0.25, 0.3) is 10.1 Å². The van der Waals surface area contributed by atoms with Crippen LogP contribution in [-0.4, -0.2) is 70.7 Å². The summed E-state index contributed by atoms with van der Waals surface area (Å²) in [5, 5.41) is 6.01. The Morgan fingerprint density at radius 1 is 1.34 bits per heavy atom. The number of hydrogen-bond donors (Lipinski definition) is 1. The first-order chi connectivity index (χ1) is 15.1. The summed E-state index contributed by atoms with van der Waals surface area (Å²) in [7, 11) is -2.45. The van der Waals surface area contributed by atoms with Gasteiger partial charge in [-0.15, -0.1) is 0 Å². The van der Waals surface area contributed by atoms with Crippen molar-refractivity contribution in [1.29, 1.82) is 0 Å². The first kappa shape index (κ1) is 25.6. The zero-order valence-electron chi connectivity index (χ0n) is 17.9. The molecule has 1 fully saturated rings. The molecule has 176 valence electrons. The number of rotatable bonds is 10. The number of azide groups is 1. The molecule has 0 spiro atoms. The summed E-state index contributed by atoms with van der Waals surface area (Å²) in [5.74, 6) is -0.606. The zero-order chi connectivity index (χ0) is 23.7. The molecule has 1 saturated heterocycles. The average Bonchev–Trinajstić information content (AvgIpc) is 2.73. The van der Waals surface area contributed by atoms with Crippen LogP contribution in [-0.2, 0) is 39.9 Å². The summed E-state index contributed by atoms with van der Waals surface area (Å²) in [5.41, 5.74) is 9.65. The lowest BCUT2D eigenvalue weighted by molar-refractivity contribution is -0.152. The van der Waals surface area contributed by atoms with Crippen LogP contribution in [0.15, 0.2) is 35.4 Å². The molecule has 2 rings (SSSR count). The number of ketones is 1. The first-order valence-corrected chi connectivity index (χ1v) is 11.5. The Balaban J connectivity index is 2.08. The second kappa shape index (κ2) is 11.8. The van der Waals surface area contributed by atoms with E-state index in [9.17, 15) is 18.0 Å². The largest absolute Gasteiger partial charge is 0.445 e. The Morgan fingerprint density at radius 2 is 2.03 bits per heavy atom. The van der Waals surface area contributed by atoms with Gasteiger partial charge in [-0.25, -0.2) is 4.79 Å². The minimum Gasteiger partial charge on any atom is -0.445 e. The van der Waals surface area contributed by atoms with Crippen LogP contribution in [0.5, 0.6) is 0 Å². The van der Waals surface area contributed by atoms with Crippen molar-refractivity contribution in [3.05, 3.63) is 46.3 Å². The summed E-state index contributed by atoms with van der Waals surface area (Å²) >= 11 is 0. The highest BCUT2D eigenvalue weighted by atomic mass is 32.2. The van der Waals surface area contributed by atoms with E-state index in [0.717, 1.165) is 11.8 Å². The minimum atomic E-state index is -3.80. The monoisotopic (exact) mass is 470 g/mol. The van der Waals surface area contributed by atoms with Crippen molar-refractivity contribution >= 4 is 22.0 Å². The van der Waals surface area contributed by atoms with Crippen molar-refractivity contribution in [2.24, 2.45) is 5.11 Å². The van der Waals surface area contributed by atoms with E-state index in [-0.39, 0.29) is 19.6 Å². The number of methoxy groups -OCH3 is 1. The maximum Gasteiger partial charge on any atom is 0.408 e. The van der Waals surface area contributed by atoms with Gasteiger partial charge in [-0.2, -0.15) is 8.42 Å². The predicted octanol–water partition coefficient (Wildman–Crippen LogP) is 1.70. The van der Waals surface area contributed by atoms with Crippen molar-refractivity contribution in [1.82, 2.24) is 5.32 Å². The van der Waals surface area contributed by atoms with Gasteiger partial charge in [0.05, 0.1) is 25.0 Å². The standard InChI is InChI=1S/C19H26N4O8S/c1-12-16(31-32(3,26)27)9-14(22-23-20)18(30-12)17(24)15(11-28-2)21-19(25)29-10-13-7-5-4-6-8-13/h4-8,12,14-16,18H,9-11H2,1-3H3,(H,21,25)/t12-,14-,15+,16+,18+/m1/s1. The van der Waals surface area contributed by atoms with Gasteiger partial charge >= 0.3 is 6.09 Å². The van der Waals surface area contributed by atoms with Gasteiger partial charge in [0.1, 0.15) is 24.9 Å². The lowest BCUT2D eigenvalue weighted by Crippen LogP contribution is -2.56. The number of nitrogens with one attached hydrogen (secondary N) is 1. The van der Waals surface area contributed by atoms with Crippen molar-refractivity contribution in [3.8, 4) is 0 Å². The molecule has 1 aromatic rings. The normalized spacial score (nSPS) is 24.1. The molecule has 0 aliphatic carbocycles. The average molecular weight is 471 g/mol. The number of carbonyl (C=O) groups is 2. The molecule has 5 atom stereocenters. The van der Waals surface area contributed by atoms with E-state index in [4.69, 9.17) is 23.9 Å². The predicted molar refractivity (Wildman–Crippen MR) is 112 cm³/mol. The Bertz CT molecular complexity index is 936. The van der Waals surface area contributed by atoms with E-state index in [1.807, 2.05) is 6.07 Å². The molecule has 1 aliphatic rings. The number of amides is 1. The van der Waals surface area contributed by atoms with Crippen LogP contribution in [0.25, 0.3) is 10.4 Å². The molecule has 0 unspecified atom stereocenters. The van der Waals surface area contributed by atoms with Crippen LogP contribution in [0, 0.1) is 0 Å². The van der Waals surface area contributed by atoms with Crippen LogP contribution in [0.4, 0.5) is 4.79 Å². The number of benzene rings is 1. The highest BCUT2D eigenvalue weighted by molar-refractivity contribution is 7.86. The molecule has 0 saturated carbocycles. The number of hydrogen-bond acceptors (Lipinski definition) is 9. The Kier molecular flexibility index (Phi) is 9.42. The number of alkyl carbamates (subject to hydrolysis) is 1. The highest BCUT2D eigenvalue weighted by Crippen LogP contribution is 2.27. The van der Waals surface area contributed by atoms with E-state index in [1.165, 1.54) is 14.0 Å². The molecule has 32 heavy (non-hydrogen) atoms. The molecule has 1 heterocycles. The third kappa shape index (κ3) is 7.77. The third-order valence-electron chi connectivity index (χ3n) is 4.67. The molecular formula is C19H26N4O8S. The van der Waals surface area contributed by atoms with Crippen LogP contribution in [0.1, 0.15) is 18.9 Å². The van der Waals surface area contributed by atoms with Crippen molar-refractivity contribution in [3.63, 3.8) is 0 Å². The Labute approximate surface area is 185 Å². The number of nitrogens with zero attached hydrogens (tertiary/aromatic N) is 3. The zero-order valence-corrected chi connectivity index (χ0v) is 18.7. The van der Waals surface area contributed by atoms with Gasteiger partial charge < -0.3 is 19.5 Å². The van der Waals surface area contributed by atoms with Crippen LogP contribution < -0.4 is 5.32 Å². The Morgan fingerprint density at radius 3 is 2.62 bits per heavy atom. The maximum atomic E-state index is 13.1. The summed E-state index contributed by atoms with van der Waals surface area (Å²) in [6.45, 7) is 1.36. The third-order valence-corrected chi connectivity index (χ3v) is 5.27. The van der Waals surface area contributed by atoms with Gasteiger partial charge in [0.15, 0.2) is 5.78 Å². The molecule has 1 aromatic carbocycles. The molecule has 0 bridgehead atoms. The van der Waals surface area contributed by atoms with Gasteiger partial charge in [-0.1, -0.05) is 35.4 Å². The molecule has 13 heteroatoms. The molecule has 1 amide bonds. The second-order valence-electron chi connectivity index (χ2n) is 7.22. The van der Waals surface area contributed by atoms with Crippen LogP contribution in [0.2, 0.25) is 0 Å². The molecule has 1 N–H and O–H groups in total. The van der Waals surface area contributed by atoms with Gasteiger partial charge in [-0.3, -0.25) is 8.98 Å². The van der Waals surface area contributed by atoms with E-state index in [2.05, 4.69) is 15.3 Å². The highest BCUT2D eigenvalue weighted by Gasteiger charge is 2.43. The molecule has 0 aromatic heterocycles. The molecule has 12 nitrogen and oxygen atoms in total. The number of carbonyl (C=O) groups excluding carboxylic acids is 2. The summed E-state index contributed by atoms with van der Waals surface area (Å²) in [6.07, 6.45) is -2.99. The fraction of sp³-hybridized carbons (Fsp3) is 0.579. The molecular weight excluding hydrogens is 444 g/mol. The summed E-state index contributed by atoms with van der Waals surface area (Å²) in [4.78, 5) is 28.0. The topological polar surface area (TPSA) is 166 Å². The van der Waals surface area contributed by atoms with Crippen LogP contribution >= 0.6 is 0 Å². The fourth-order valence-corrected chi connectivity index (χ4v) is 3.89. The second-order valence-corrected chi connectivity index (χ2v) is 8.83. The molecule has 1 aliphatic heterocycles. The smallest absolute Gasteiger partial charge is 0.408 e. The summed E-state index contributed by atoms with van der Waals surface area (Å²) in [6, 6.07) is 6.79. The maximum absolute atomic E-state index is 13.1. The minimum absolute atomic E-state index is 0.00336. The fourth-order valence-electron chi connectivity index (χ4n) is 3.20. The van der Waals surface area contributed by atoms with Crippen molar-refractivity contribution < 1.29 is 36.4 Å². The SMILES string of the molecule is COC[C@H](NC(=O)OCc1ccccc1)C(=O)[C@H]1O[C@H](C)[C@@H](OS(C)(=O)=O)C[C@H]1N=[N+]=[N-]. The lowest BCUT2D eigenvalue weighted by atomic mass is 9.92. The summed E-state index contributed by atoms with van der Waals surface area (Å²) < 4.78 is 43.8. The lowest BCUT2D eigenvalue weighted by Gasteiger charge is -2.38. The number of Topliss-reactive ketones (excluding diaryl/α,β-unsaturated/α-hetero) is 1. The quantitative estimate of drug-likeness (QED) is 0.233. The Hall–Kier alpha value is -2.70. The van der Waals surface area contributed by atoms with Gasteiger partial charge in [0, 0.05) is 12.0 Å². The first-order valence-electron chi connectivity index (χ1n) is 9.72. The van der Waals surface area contributed by atoms with Gasteiger partial charge in [0.2, 0.25) is 0 Å². The number of ether oxygens (including phenoxy) is 3. The van der Waals surface area contributed by atoms with E-state index >= 15 is 0 Å².